The van der Waals surface area contributed by atoms with Crippen molar-refractivity contribution >= 4 is 34.5 Å². The summed E-state index contributed by atoms with van der Waals surface area (Å²) in [6.45, 7) is 8.99. The Kier molecular flexibility index (Phi) is 7.62. The lowest BCUT2D eigenvalue weighted by atomic mass is 9.99. The van der Waals surface area contributed by atoms with Gasteiger partial charge in [0.1, 0.15) is 0 Å². The minimum Gasteiger partial charge on any atom is -0.316 e. The number of hydrogen-bond donors (Lipinski definition) is 1. The third-order valence-corrected chi connectivity index (χ3v) is 4.57. The standard InChI is InChI=1S/C14H23Cl2NS/c1-10(2)9-17-7-6-11(3)4-5-12-8-13(15)18-14(12)16/h8,10-11,17H,4-7,9H2,1-3H3. The highest BCUT2D eigenvalue weighted by Gasteiger charge is 2.08. The van der Waals surface area contributed by atoms with E-state index in [1.165, 1.54) is 29.7 Å². The SMILES string of the molecule is CC(C)CNCCC(C)CCc1cc(Cl)sc1Cl. The van der Waals surface area contributed by atoms with Gasteiger partial charge in [-0.3, -0.25) is 0 Å². The smallest absolute Gasteiger partial charge is 0.0976 e. The van der Waals surface area contributed by atoms with Gasteiger partial charge in [0.05, 0.1) is 8.67 Å². The summed E-state index contributed by atoms with van der Waals surface area (Å²) in [5.74, 6) is 1.45. The highest BCUT2D eigenvalue weighted by Crippen LogP contribution is 2.32. The zero-order chi connectivity index (χ0) is 13.5. The van der Waals surface area contributed by atoms with E-state index >= 15 is 0 Å². The minimum atomic E-state index is 0.722. The normalized spacial score (nSPS) is 13.2. The van der Waals surface area contributed by atoms with E-state index in [2.05, 4.69) is 26.1 Å². The second-order valence-corrected chi connectivity index (χ2v) is 7.67. The molecule has 1 N–H and O–H groups in total. The molecule has 1 nitrogen and oxygen atoms in total. The van der Waals surface area contributed by atoms with E-state index in [9.17, 15) is 0 Å². The van der Waals surface area contributed by atoms with Crippen LogP contribution in [0.5, 0.6) is 0 Å². The van der Waals surface area contributed by atoms with Gasteiger partial charge in [-0.15, -0.1) is 11.3 Å². The van der Waals surface area contributed by atoms with Crippen LogP contribution in [0, 0.1) is 11.8 Å². The molecule has 1 rings (SSSR count). The fourth-order valence-electron chi connectivity index (χ4n) is 1.83. The Morgan fingerprint density at radius 1 is 1.22 bits per heavy atom. The molecule has 104 valence electrons. The van der Waals surface area contributed by atoms with Crippen molar-refractivity contribution in [1.29, 1.82) is 0 Å². The van der Waals surface area contributed by atoms with Gasteiger partial charge in [-0.2, -0.15) is 0 Å². The minimum absolute atomic E-state index is 0.722. The van der Waals surface area contributed by atoms with E-state index in [-0.39, 0.29) is 0 Å². The Hall–Kier alpha value is 0.240. The molecule has 1 heterocycles. The third kappa shape index (κ3) is 6.42. The van der Waals surface area contributed by atoms with Gasteiger partial charge in [0.15, 0.2) is 0 Å². The number of rotatable bonds is 8. The summed E-state index contributed by atoms with van der Waals surface area (Å²) < 4.78 is 1.64. The zero-order valence-corrected chi connectivity index (χ0v) is 13.8. The summed E-state index contributed by atoms with van der Waals surface area (Å²) in [5.41, 5.74) is 1.20. The van der Waals surface area contributed by atoms with Crippen LogP contribution < -0.4 is 5.32 Å². The quantitative estimate of drug-likeness (QED) is 0.646. The molecule has 1 unspecified atom stereocenters. The summed E-state index contributed by atoms with van der Waals surface area (Å²) in [5, 5.41) is 3.48. The van der Waals surface area contributed by atoms with Crippen LogP contribution in [-0.2, 0) is 6.42 Å². The predicted octanol–water partition coefficient (Wildman–Crippen LogP) is 5.26. The second-order valence-electron chi connectivity index (χ2n) is 5.38. The molecule has 1 atom stereocenters. The summed E-state index contributed by atoms with van der Waals surface area (Å²) >= 11 is 13.5. The first kappa shape index (κ1) is 16.3. The molecule has 1 aromatic heterocycles. The lowest BCUT2D eigenvalue weighted by molar-refractivity contribution is 0.454. The average molecular weight is 308 g/mol. The van der Waals surface area contributed by atoms with E-state index in [1.54, 1.807) is 0 Å². The lowest BCUT2D eigenvalue weighted by Crippen LogP contribution is -2.22. The predicted molar refractivity (Wildman–Crippen MR) is 84.1 cm³/mol. The molecule has 0 saturated carbocycles. The van der Waals surface area contributed by atoms with Gasteiger partial charge >= 0.3 is 0 Å². The van der Waals surface area contributed by atoms with Crippen LogP contribution in [0.1, 0.15) is 39.2 Å². The van der Waals surface area contributed by atoms with Crippen molar-refractivity contribution in [1.82, 2.24) is 5.32 Å². The van der Waals surface area contributed by atoms with Crippen molar-refractivity contribution in [2.75, 3.05) is 13.1 Å². The number of thiophene rings is 1. The fourth-order valence-corrected chi connectivity index (χ4v) is 3.37. The van der Waals surface area contributed by atoms with Crippen molar-refractivity contribution in [3.8, 4) is 0 Å². The molecular formula is C14H23Cl2NS. The molecule has 0 spiro atoms. The van der Waals surface area contributed by atoms with E-state index < -0.39 is 0 Å². The van der Waals surface area contributed by atoms with Crippen molar-refractivity contribution < 1.29 is 0 Å². The maximum absolute atomic E-state index is 6.11. The molecule has 0 aliphatic rings. The van der Waals surface area contributed by atoms with Gasteiger partial charge in [-0.1, -0.05) is 44.0 Å². The number of halogens is 2. The monoisotopic (exact) mass is 307 g/mol. The second kappa shape index (κ2) is 8.42. The summed E-state index contributed by atoms with van der Waals surface area (Å²) in [6.07, 6.45) is 3.44. The van der Waals surface area contributed by atoms with Crippen LogP contribution in [-0.4, -0.2) is 13.1 Å². The van der Waals surface area contributed by atoms with Crippen LogP contribution in [0.3, 0.4) is 0 Å². The Labute approximate surface area is 125 Å². The van der Waals surface area contributed by atoms with Crippen molar-refractivity contribution in [3.63, 3.8) is 0 Å². The van der Waals surface area contributed by atoms with Gasteiger partial charge in [-0.05, 0) is 55.8 Å². The fraction of sp³-hybridized carbons (Fsp3) is 0.714. The van der Waals surface area contributed by atoms with Gasteiger partial charge in [0.2, 0.25) is 0 Å². The molecule has 0 saturated heterocycles. The maximum atomic E-state index is 6.11. The third-order valence-electron chi connectivity index (χ3n) is 3.00. The average Bonchev–Trinajstić information content (AvgIpc) is 2.60. The summed E-state index contributed by atoms with van der Waals surface area (Å²) in [4.78, 5) is 0. The first-order valence-corrected chi connectivity index (χ1v) is 8.20. The first-order valence-electron chi connectivity index (χ1n) is 6.63. The number of nitrogens with one attached hydrogen (secondary N) is 1. The van der Waals surface area contributed by atoms with Crippen LogP contribution in [0.2, 0.25) is 8.67 Å². The van der Waals surface area contributed by atoms with Crippen LogP contribution in [0.4, 0.5) is 0 Å². The zero-order valence-electron chi connectivity index (χ0n) is 11.4. The molecule has 0 aliphatic carbocycles. The summed E-state index contributed by atoms with van der Waals surface area (Å²) in [6, 6.07) is 2.00. The highest BCUT2D eigenvalue weighted by molar-refractivity contribution is 7.20. The van der Waals surface area contributed by atoms with Crippen LogP contribution in [0.25, 0.3) is 0 Å². The van der Waals surface area contributed by atoms with Crippen LogP contribution >= 0.6 is 34.5 Å². The molecule has 0 bridgehead atoms. The largest absolute Gasteiger partial charge is 0.316 e. The van der Waals surface area contributed by atoms with Crippen molar-refractivity contribution in [3.05, 3.63) is 20.3 Å². The molecule has 1 aromatic rings. The van der Waals surface area contributed by atoms with Gasteiger partial charge in [-0.25, -0.2) is 0 Å². The van der Waals surface area contributed by atoms with E-state index in [1.807, 2.05) is 6.07 Å². The van der Waals surface area contributed by atoms with E-state index in [0.717, 1.165) is 40.0 Å². The first-order chi connectivity index (χ1) is 8.49. The van der Waals surface area contributed by atoms with Gasteiger partial charge in [0.25, 0.3) is 0 Å². The molecule has 0 radical (unpaired) electrons. The molecular weight excluding hydrogens is 285 g/mol. The molecule has 0 fully saturated rings. The molecule has 18 heavy (non-hydrogen) atoms. The highest BCUT2D eigenvalue weighted by atomic mass is 35.5. The summed E-state index contributed by atoms with van der Waals surface area (Å²) in [7, 11) is 0. The number of hydrogen-bond acceptors (Lipinski definition) is 2. The van der Waals surface area contributed by atoms with Crippen LogP contribution in [0.15, 0.2) is 6.07 Å². The van der Waals surface area contributed by atoms with E-state index in [4.69, 9.17) is 23.2 Å². The van der Waals surface area contributed by atoms with Gasteiger partial charge < -0.3 is 5.32 Å². The Bertz CT molecular complexity index is 350. The number of aryl methyl sites for hydroxylation is 1. The molecule has 0 aliphatic heterocycles. The topological polar surface area (TPSA) is 12.0 Å². The molecule has 0 amide bonds. The molecule has 4 heteroatoms. The van der Waals surface area contributed by atoms with Crippen molar-refractivity contribution in [2.24, 2.45) is 11.8 Å². The maximum Gasteiger partial charge on any atom is 0.0976 e. The van der Waals surface area contributed by atoms with Gasteiger partial charge in [0, 0.05) is 0 Å². The van der Waals surface area contributed by atoms with E-state index in [0.29, 0.717) is 0 Å². The Balaban J connectivity index is 2.17. The van der Waals surface area contributed by atoms with Crippen molar-refractivity contribution in [2.45, 2.75) is 40.0 Å². The Morgan fingerprint density at radius 2 is 1.94 bits per heavy atom. The Morgan fingerprint density at radius 3 is 2.50 bits per heavy atom. The molecule has 0 aromatic carbocycles. The lowest BCUT2D eigenvalue weighted by Gasteiger charge is -2.12.